The highest BCUT2D eigenvalue weighted by Gasteiger charge is 2.37. The van der Waals surface area contributed by atoms with Gasteiger partial charge >= 0.3 is 0 Å². The van der Waals surface area contributed by atoms with Crippen LogP contribution >= 0.6 is 0 Å². The summed E-state index contributed by atoms with van der Waals surface area (Å²) in [5, 5.41) is 0. The highest BCUT2D eigenvalue weighted by molar-refractivity contribution is 7.86. The van der Waals surface area contributed by atoms with Crippen LogP contribution in [0.4, 0.5) is 0 Å². The van der Waals surface area contributed by atoms with E-state index < -0.39 is 10.2 Å². The number of carbonyl (C=O) groups is 1. The molecule has 6 nitrogen and oxygen atoms in total. The van der Waals surface area contributed by atoms with Gasteiger partial charge in [0, 0.05) is 39.3 Å². The molecule has 2 fully saturated rings. The van der Waals surface area contributed by atoms with Crippen LogP contribution in [0.25, 0.3) is 0 Å². The molecule has 1 aromatic rings. The van der Waals surface area contributed by atoms with Crippen molar-refractivity contribution in [2.24, 2.45) is 0 Å². The molecule has 0 spiro atoms. The lowest BCUT2D eigenvalue weighted by molar-refractivity contribution is -0.134. The minimum Gasteiger partial charge on any atom is -0.340 e. The van der Waals surface area contributed by atoms with Crippen LogP contribution in [-0.2, 0) is 21.4 Å². The van der Waals surface area contributed by atoms with Gasteiger partial charge in [-0.2, -0.15) is 17.0 Å². The molecule has 0 bridgehead atoms. The normalized spacial score (nSPS) is 25.3. The Bertz CT molecular complexity index is 751. The summed E-state index contributed by atoms with van der Waals surface area (Å²) in [6, 6.07) is 8.17. The lowest BCUT2D eigenvalue weighted by atomic mass is 9.99. The van der Waals surface area contributed by atoms with Crippen LogP contribution in [0, 0.1) is 0 Å². The first-order valence-electron chi connectivity index (χ1n) is 9.19. The van der Waals surface area contributed by atoms with E-state index in [1.165, 1.54) is 5.56 Å². The number of hydrogen-bond donors (Lipinski definition) is 0. The molecule has 1 aromatic carbocycles. The molecule has 25 heavy (non-hydrogen) atoms. The molecule has 2 saturated heterocycles. The minimum absolute atomic E-state index is 0.0575. The van der Waals surface area contributed by atoms with Crippen LogP contribution in [0.15, 0.2) is 24.3 Å². The van der Waals surface area contributed by atoms with Crippen molar-refractivity contribution in [2.75, 3.05) is 39.3 Å². The zero-order valence-electron chi connectivity index (χ0n) is 14.4. The summed E-state index contributed by atoms with van der Waals surface area (Å²) in [5.74, 6) is 0.0982. The third-order valence-corrected chi connectivity index (χ3v) is 7.73. The summed E-state index contributed by atoms with van der Waals surface area (Å²) in [5.41, 5.74) is 2.43. The first-order chi connectivity index (χ1) is 12.1. The summed E-state index contributed by atoms with van der Waals surface area (Å²) in [4.78, 5) is 14.8. The van der Waals surface area contributed by atoms with Gasteiger partial charge in [-0.05, 0) is 36.8 Å². The lowest BCUT2D eigenvalue weighted by Gasteiger charge is -2.36. The van der Waals surface area contributed by atoms with Crippen LogP contribution in [0.1, 0.15) is 36.3 Å². The molecule has 0 N–H and O–H groups in total. The number of fused-ring (bicyclic) bond motifs is 1. The molecule has 0 saturated carbocycles. The topological polar surface area (TPSA) is 60.9 Å². The molecular formula is C18H25N3O3S. The van der Waals surface area contributed by atoms with Gasteiger partial charge in [0.1, 0.15) is 0 Å². The van der Waals surface area contributed by atoms with E-state index in [2.05, 4.69) is 12.1 Å². The van der Waals surface area contributed by atoms with Crippen LogP contribution in [0.5, 0.6) is 0 Å². The molecular weight excluding hydrogens is 338 g/mol. The van der Waals surface area contributed by atoms with E-state index in [4.69, 9.17) is 0 Å². The predicted molar refractivity (Wildman–Crippen MR) is 95.4 cm³/mol. The van der Waals surface area contributed by atoms with Gasteiger partial charge < -0.3 is 4.90 Å². The Morgan fingerprint density at radius 3 is 2.28 bits per heavy atom. The maximum Gasteiger partial charge on any atom is 0.282 e. The second-order valence-corrected chi connectivity index (χ2v) is 9.06. The van der Waals surface area contributed by atoms with Crippen molar-refractivity contribution in [1.82, 2.24) is 13.5 Å². The zero-order valence-corrected chi connectivity index (χ0v) is 15.2. The van der Waals surface area contributed by atoms with Crippen molar-refractivity contribution in [1.29, 1.82) is 0 Å². The van der Waals surface area contributed by atoms with Crippen molar-refractivity contribution in [2.45, 2.75) is 31.6 Å². The maximum atomic E-state index is 12.9. The summed E-state index contributed by atoms with van der Waals surface area (Å²) in [6.07, 6.45) is 3.71. The number of piperazine rings is 1. The largest absolute Gasteiger partial charge is 0.340 e. The molecule has 1 atom stereocenters. The van der Waals surface area contributed by atoms with Crippen LogP contribution in [0.3, 0.4) is 0 Å². The molecule has 1 unspecified atom stereocenters. The van der Waals surface area contributed by atoms with Gasteiger partial charge in [0.25, 0.3) is 10.2 Å². The van der Waals surface area contributed by atoms with Gasteiger partial charge in [0.15, 0.2) is 0 Å². The highest BCUT2D eigenvalue weighted by atomic mass is 32.2. The van der Waals surface area contributed by atoms with Crippen molar-refractivity contribution in [3.05, 3.63) is 35.4 Å². The smallest absolute Gasteiger partial charge is 0.282 e. The molecule has 2 aliphatic heterocycles. The zero-order chi connectivity index (χ0) is 17.4. The van der Waals surface area contributed by atoms with Crippen molar-refractivity contribution < 1.29 is 13.2 Å². The Labute approximate surface area is 149 Å². The second-order valence-electron chi connectivity index (χ2n) is 7.13. The van der Waals surface area contributed by atoms with Gasteiger partial charge in [-0.3, -0.25) is 4.79 Å². The summed E-state index contributed by atoms with van der Waals surface area (Å²) >= 11 is 0. The Morgan fingerprint density at radius 2 is 1.56 bits per heavy atom. The average Bonchev–Trinajstić information content (AvgIpc) is 3.31. The Balaban J connectivity index is 1.40. The van der Waals surface area contributed by atoms with E-state index in [0.717, 1.165) is 31.2 Å². The minimum atomic E-state index is -3.35. The van der Waals surface area contributed by atoms with Gasteiger partial charge in [0.05, 0.1) is 5.92 Å². The molecule has 1 amide bonds. The maximum absolute atomic E-state index is 12.9. The van der Waals surface area contributed by atoms with Crippen LogP contribution in [-0.4, -0.2) is 67.1 Å². The fraction of sp³-hybridized carbons (Fsp3) is 0.611. The van der Waals surface area contributed by atoms with Crippen molar-refractivity contribution in [3.63, 3.8) is 0 Å². The van der Waals surface area contributed by atoms with Gasteiger partial charge in [-0.15, -0.1) is 0 Å². The van der Waals surface area contributed by atoms with Crippen molar-refractivity contribution >= 4 is 16.1 Å². The Hall–Kier alpha value is -1.44. The highest BCUT2D eigenvalue weighted by Crippen LogP contribution is 2.34. The predicted octanol–water partition coefficient (Wildman–Crippen LogP) is 1.20. The number of carbonyl (C=O) groups excluding carboxylic acids is 1. The number of aryl methyl sites for hydroxylation is 1. The van der Waals surface area contributed by atoms with E-state index in [1.807, 2.05) is 17.0 Å². The molecule has 1 aliphatic carbocycles. The van der Waals surface area contributed by atoms with Crippen LogP contribution in [0.2, 0.25) is 0 Å². The first kappa shape index (κ1) is 17.0. The number of rotatable bonds is 3. The molecule has 2 heterocycles. The van der Waals surface area contributed by atoms with E-state index in [9.17, 15) is 13.2 Å². The number of benzene rings is 1. The summed E-state index contributed by atoms with van der Waals surface area (Å²) in [7, 11) is -3.35. The first-order valence-corrected chi connectivity index (χ1v) is 10.6. The van der Waals surface area contributed by atoms with Crippen molar-refractivity contribution in [3.8, 4) is 0 Å². The second kappa shape index (κ2) is 6.70. The third kappa shape index (κ3) is 3.09. The molecule has 3 aliphatic rings. The number of hydrogen-bond acceptors (Lipinski definition) is 3. The number of amides is 1. The van der Waals surface area contributed by atoms with Gasteiger partial charge in [0.2, 0.25) is 5.91 Å². The summed E-state index contributed by atoms with van der Waals surface area (Å²) in [6.45, 7) is 3.04. The monoisotopic (exact) mass is 363 g/mol. The Morgan fingerprint density at radius 1 is 0.920 bits per heavy atom. The SMILES string of the molecule is O=C(C1CCc2ccccc21)N1CCN(S(=O)(=O)N2CCCC2)CC1. The average molecular weight is 363 g/mol. The van der Waals surface area contributed by atoms with Gasteiger partial charge in [-0.1, -0.05) is 24.3 Å². The quantitative estimate of drug-likeness (QED) is 0.811. The fourth-order valence-electron chi connectivity index (χ4n) is 4.26. The molecule has 4 rings (SSSR count). The van der Waals surface area contributed by atoms with Crippen LogP contribution < -0.4 is 0 Å². The van der Waals surface area contributed by atoms with E-state index in [-0.39, 0.29) is 11.8 Å². The van der Waals surface area contributed by atoms with E-state index >= 15 is 0 Å². The molecule has 0 radical (unpaired) electrons. The molecule has 7 heteroatoms. The molecule has 136 valence electrons. The summed E-state index contributed by atoms with van der Waals surface area (Å²) < 4.78 is 28.4. The van der Waals surface area contributed by atoms with Gasteiger partial charge in [-0.25, -0.2) is 0 Å². The number of nitrogens with zero attached hydrogens (tertiary/aromatic N) is 3. The molecule has 0 aromatic heterocycles. The standard InChI is InChI=1S/C18H25N3O3S/c22-18(17-8-7-15-5-1-2-6-16(15)17)19-11-13-21(14-12-19)25(23,24)20-9-3-4-10-20/h1-2,5-6,17H,3-4,7-14H2. The third-order valence-electron chi connectivity index (χ3n) is 5.70. The van der Waals surface area contributed by atoms with E-state index in [1.54, 1.807) is 8.61 Å². The lowest BCUT2D eigenvalue weighted by Crippen LogP contribution is -2.54. The fourth-order valence-corrected chi connectivity index (χ4v) is 5.93. The van der Waals surface area contributed by atoms with E-state index in [0.29, 0.717) is 39.3 Å². The Kier molecular flexibility index (Phi) is 4.56.